The Morgan fingerprint density at radius 3 is 2.68 bits per heavy atom. The van der Waals surface area contributed by atoms with Gasteiger partial charge in [-0.25, -0.2) is 4.99 Å². The summed E-state index contributed by atoms with van der Waals surface area (Å²) in [6.45, 7) is 7.26. The van der Waals surface area contributed by atoms with E-state index in [4.69, 9.17) is 4.52 Å². The van der Waals surface area contributed by atoms with Gasteiger partial charge < -0.3 is 14.7 Å². The molecule has 1 aromatic heterocycles. The molecule has 1 aliphatic heterocycles. The van der Waals surface area contributed by atoms with Crippen LogP contribution >= 0.6 is 0 Å². The summed E-state index contributed by atoms with van der Waals surface area (Å²) < 4.78 is 5.15. The van der Waals surface area contributed by atoms with Crippen molar-refractivity contribution in [3.05, 3.63) is 47.6 Å². The monoisotopic (exact) mass is 341 g/mol. The first kappa shape index (κ1) is 17.5. The number of aryl methyl sites for hydroxylation is 1. The fourth-order valence-corrected chi connectivity index (χ4v) is 3.27. The van der Waals surface area contributed by atoms with Crippen molar-refractivity contribution in [3.63, 3.8) is 0 Å². The van der Waals surface area contributed by atoms with E-state index in [0.717, 1.165) is 31.5 Å². The van der Waals surface area contributed by atoms with E-state index in [1.807, 2.05) is 6.92 Å². The normalized spacial score (nSPS) is 16.2. The van der Waals surface area contributed by atoms with Gasteiger partial charge in [0, 0.05) is 19.6 Å². The minimum Gasteiger partial charge on any atom is -0.357 e. The van der Waals surface area contributed by atoms with Crippen molar-refractivity contribution in [1.82, 2.24) is 20.4 Å². The highest BCUT2D eigenvalue weighted by atomic mass is 16.5. The molecule has 2 aromatic rings. The molecule has 1 aliphatic rings. The van der Waals surface area contributed by atoms with Gasteiger partial charge in [-0.15, -0.1) is 0 Å². The molecule has 0 unspecified atom stereocenters. The Morgan fingerprint density at radius 2 is 2.04 bits per heavy atom. The van der Waals surface area contributed by atoms with Crippen molar-refractivity contribution in [2.75, 3.05) is 19.6 Å². The minimum atomic E-state index is 0.424. The largest absolute Gasteiger partial charge is 0.357 e. The Morgan fingerprint density at radius 1 is 1.28 bits per heavy atom. The summed E-state index contributed by atoms with van der Waals surface area (Å²) in [6.07, 6.45) is 3.56. The van der Waals surface area contributed by atoms with Gasteiger partial charge in [-0.3, -0.25) is 0 Å². The lowest BCUT2D eigenvalue weighted by molar-refractivity contribution is 0.258. The standard InChI is InChI=1S/C19H27N5O/c1-3-20-19(21-14-18-22-15(2)23-25-18)24-11-9-17(10-12-24)13-16-7-5-4-6-8-16/h4-8,17H,3,9-14H2,1-2H3,(H,20,21). The third-order valence-electron chi connectivity index (χ3n) is 4.55. The van der Waals surface area contributed by atoms with Gasteiger partial charge in [0.25, 0.3) is 0 Å². The number of piperidine rings is 1. The van der Waals surface area contributed by atoms with Gasteiger partial charge in [-0.2, -0.15) is 4.98 Å². The van der Waals surface area contributed by atoms with E-state index >= 15 is 0 Å². The van der Waals surface area contributed by atoms with Crippen molar-refractivity contribution in [2.24, 2.45) is 10.9 Å². The molecule has 1 aromatic carbocycles. The number of rotatable bonds is 5. The minimum absolute atomic E-state index is 0.424. The zero-order valence-electron chi connectivity index (χ0n) is 15.1. The lowest BCUT2D eigenvalue weighted by Crippen LogP contribution is -2.45. The SMILES string of the molecule is CCNC(=NCc1nc(C)no1)N1CCC(Cc2ccccc2)CC1. The van der Waals surface area contributed by atoms with Gasteiger partial charge >= 0.3 is 0 Å². The molecule has 25 heavy (non-hydrogen) atoms. The van der Waals surface area contributed by atoms with Crippen molar-refractivity contribution in [2.45, 2.75) is 39.7 Å². The van der Waals surface area contributed by atoms with Crippen LogP contribution in [0.5, 0.6) is 0 Å². The van der Waals surface area contributed by atoms with Crippen molar-refractivity contribution in [1.29, 1.82) is 0 Å². The Bertz CT molecular complexity index is 674. The summed E-state index contributed by atoms with van der Waals surface area (Å²) in [5, 5.41) is 7.19. The molecule has 1 N–H and O–H groups in total. The Balaban J connectivity index is 1.54. The number of likely N-dealkylation sites (tertiary alicyclic amines) is 1. The molecule has 0 aliphatic carbocycles. The number of benzene rings is 1. The van der Waals surface area contributed by atoms with E-state index < -0.39 is 0 Å². The maximum absolute atomic E-state index is 5.15. The molecule has 0 amide bonds. The Labute approximate surface area is 149 Å². The lowest BCUT2D eigenvalue weighted by atomic mass is 9.90. The smallest absolute Gasteiger partial charge is 0.248 e. The summed E-state index contributed by atoms with van der Waals surface area (Å²) in [7, 11) is 0. The average Bonchev–Trinajstić information content (AvgIpc) is 3.06. The van der Waals surface area contributed by atoms with Gasteiger partial charge in [0.05, 0.1) is 0 Å². The number of aromatic nitrogens is 2. The summed E-state index contributed by atoms with van der Waals surface area (Å²) in [4.78, 5) is 11.2. The summed E-state index contributed by atoms with van der Waals surface area (Å²) in [6, 6.07) is 10.8. The van der Waals surface area contributed by atoms with Crippen LogP contribution in [0.3, 0.4) is 0 Å². The fraction of sp³-hybridized carbons (Fsp3) is 0.526. The molecule has 6 heteroatoms. The number of nitrogens with one attached hydrogen (secondary N) is 1. The topological polar surface area (TPSA) is 66.5 Å². The maximum Gasteiger partial charge on any atom is 0.248 e. The molecule has 2 heterocycles. The number of hydrogen-bond donors (Lipinski definition) is 1. The van der Waals surface area contributed by atoms with Crippen molar-refractivity contribution < 1.29 is 4.52 Å². The Kier molecular flexibility index (Phi) is 6.04. The Hall–Kier alpha value is -2.37. The van der Waals surface area contributed by atoms with Gasteiger partial charge in [-0.05, 0) is 44.6 Å². The highest BCUT2D eigenvalue weighted by Gasteiger charge is 2.21. The summed E-state index contributed by atoms with van der Waals surface area (Å²) in [5.74, 6) is 2.90. The van der Waals surface area contributed by atoms with E-state index in [-0.39, 0.29) is 0 Å². The fourth-order valence-electron chi connectivity index (χ4n) is 3.27. The zero-order chi connectivity index (χ0) is 17.5. The zero-order valence-corrected chi connectivity index (χ0v) is 15.1. The quantitative estimate of drug-likeness (QED) is 0.669. The molecule has 6 nitrogen and oxygen atoms in total. The molecule has 0 spiro atoms. The molecule has 0 atom stereocenters. The second-order valence-corrected chi connectivity index (χ2v) is 6.53. The van der Waals surface area contributed by atoms with E-state index in [1.54, 1.807) is 0 Å². The predicted molar refractivity (Wildman–Crippen MR) is 98.3 cm³/mol. The van der Waals surface area contributed by atoms with Crippen LogP contribution in [0, 0.1) is 12.8 Å². The van der Waals surface area contributed by atoms with Crippen LogP contribution in [0.25, 0.3) is 0 Å². The first-order chi connectivity index (χ1) is 12.2. The number of aliphatic imine (C=N–C) groups is 1. The molecule has 0 saturated carbocycles. The highest BCUT2D eigenvalue weighted by molar-refractivity contribution is 5.80. The highest BCUT2D eigenvalue weighted by Crippen LogP contribution is 2.21. The lowest BCUT2D eigenvalue weighted by Gasteiger charge is -2.34. The molecule has 134 valence electrons. The van der Waals surface area contributed by atoms with E-state index in [1.165, 1.54) is 24.8 Å². The molecule has 1 saturated heterocycles. The molecule has 1 fully saturated rings. The first-order valence-corrected chi connectivity index (χ1v) is 9.11. The third kappa shape index (κ3) is 5.05. The van der Waals surface area contributed by atoms with Gasteiger partial charge in [0.1, 0.15) is 6.54 Å². The molecular formula is C19H27N5O. The molecule has 3 rings (SSSR count). The van der Waals surface area contributed by atoms with Crippen LogP contribution in [-0.2, 0) is 13.0 Å². The van der Waals surface area contributed by atoms with Crippen LogP contribution < -0.4 is 5.32 Å². The van der Waals surface area contributed by atoms with E-state index in [0.29, 0.717) is 18.3 Å². The summed E-state index contributed by atoms with van der Waals surface area (Å²) in [5.41, 5.74) is 1.44. The second kappa shape index (κ2) is 8.65. The molecule has 0 bridgehead atoms. The van der Waals surface area contributed by atoms with Crippen LogP contribution in [0.4, 0.5) is 0 Å². The first-order valence-electron chi connectivity index (χ1n) is 9.11. The van der Waals surface area contributed by atoms with Crippen molar-refractivity contribution >= 4 is 5.96 Å². The summed E-state index contributed by atoms with van der Waals surface area (Å²) >= 11 is 0. The van der Waals surface area contributed by atoms with Crippen LogP contribution in [0.15, 0.2) is 39.8 Å². The van der Waals surface area contributed by atoms with Crippen LogP contribution in [-0.4, -0.2) is 40.6 Å². The van der Waals surface area contributed by atoms with Gasteiger partial charge in [0.15, 0.2) is 11.8 Å². The van der Waals surface area contributed by atoms with E-state index in [9.17, 15) is 0 Å². The van der Waals surface area contributed by atoms with Crippen LogP contribution in [0.2, 0.25) is 0 Å². The van der Waals surface area contributed by atoms with Gasteiger partial charge in [-0.1, -0.05) is 35.5 Å². The second-order valence-electron chi connectivity index (χ2n) is 6.53. The van der Waals surface area contributed by atoms with Crippen molar-refractivity contribution in [3.8, 4) is 0 Å². The molecular weight excluding hydrogens is 314 g/mol. The van der Waals surface area contributed by atoms with Gasteiger partial charge in [0.2, 0.25) is 5.89 Å². The third-order valence-corrected chi connectivity index (χ3v) is 4.55. The maximum atomic E-state index is 5.15. The predicted octanol–water partition coefficient (Wildman–Crippen LogP) is 2.80. The van der Waals surface area contributed by atoms with Crippen LogP contribution in [0.1, 0.15) is 37.0 Å². The average molecular weight is 341 g/mol. The number of hydrogen-bond acceptors (Lipinski definition) is 4. The van der Waals surface area contributed by atoms with E-state index in [2.05, 4.69) is 62.6 Å². The molecule has 0 radical (unpaired) electrons. The number of guanidine groups is 1. The number of nitrogens with zero attached hydrogens (tertiary/aromatic N) is 4.